The van der Waals surface area contributed by atoms with Gasteiger partial charge in [0.15, 0.2) is 0 Å². The molecule has 0 bridgehead atoms. The maximum absolute atomic E-state index is 3.71. The van der Waals surface area contributed by atoms with Gasteiger partial charge < -0.3 is 5.32 Å². The molecule has 1 aliphatic rings. The fourth-order valence-corrected chi connectivity index (χ4v) is 3.65. The Bertz CT molecular complexity index is 383. The molecule has 18 heavy (non-hydrogen) atoms. The summed E-state index contributed by atoms with van der Waals surface area (Å²) in [5.41, 5.74) is 4.20. The highest BCUT2D eigenvalue weighted by Gasteiger charge is 2.15. The molecule has 1 atom stereocenters. The van der Waals surface area contributed by atoms with Crippen LogP contribution in [0.15, 0.2) is 18.2 Å². The van der Waals surface area contributed by atoms with Gasteiger partial charge in [-0.25, -0.2) is 0 Å². The van der Waals surface area contributed by atoms with E-state index in [-0.39, 0.29) is 0 Å². The van der Waals surface area contributed by atoms with E-state index in [0.717, 1.165) is 5.92 Å². The zero-order valence-electron chi connectivity index (χ0n) is 11.8. The third kappa shape index (κ3) is 3.76. The van der Waals surface area contributed by atoms with Crippen molar-refractivity contribution in [3.63, 3.8) is 0 Å². The largest absolute Gasteiger partial charge is 0.310 e. The first-order valence-corrected chi connectivity index (χ1v) is 8.20. The van der Waals surface area contributed by atoms with Crippen LogP contribution in [-0.4, -0.2) is 18.1 Å². The Morgan fingerprint density at radius 2 is 1.94 bits per heavy atom. The predicted octanol–water partition coefficient (Wildman–Crippen LogP) is 4.10. The van der Waals surface area contributed by atoms with Crippen molar-refractivity contribution in [3.05, 3.63) is 34.9 Å². The smallest absolute Gasteiger partial charge is 0.0292 e. The van der Waals surface area contributed by atoms with E-state index >= 15 is 0 Å². The van der Waals surface area contributed by atoms with Gasteiger partial charge in [-0.3, -0.25) is 0 Å². The molecule has 0 aliphatic carbocycles. The van der Waals surface area contributed by atoms with Crippen LogP contribution >= 0.6 is 11.8 Å². The molecule has 2 rings (SSSR count). The van der Waals surface area contributed by atoms with Crippen LogP contribution in [0.5, 0.6) is 0 Å². The van der Waals surface area contributed by atoms with Crippen LogP contribution in [0.1, 0.15) is 42.5 Å². The highest BCUT2D eigenvalue weighted by Crippen LogP contribution is 2.23. The molecule has 1 aromatic carbocycles. The van der Waals surface area contributed by atoms with E-state index in [1.807, 2.05) is 0 Å². The lowest BCUT2D eigenvalue weighted by Crippen LogP contribution is -2.28. The van der Waals surface area contributed by atoms with Gasteiger partial charge >= 0.3 is 0 Å². The quantitative estimate of drug-likeness (QED) is 0.878. The summed E-state index contributed by atoms with van der Waals surface area (Å²) >= 11 is 2.11. The van der Waals surface area contributed by atoms with Gasteiger partial charge in [0.1, 0.15) is 0 Å². The lowest BCUT2D eigenvalue weighted by Gasteiger charge is -2.24. The Balaban J connectivity index is 1.86. The molecule has 0 spiro atoms. The van der Waals surface area contributed by atoms with Gasteiger partial charge in [-0.2, -0.15) is 11.8 Å². The molecule has 1 aliphatic heterocycles. The zero-order chi connectivity index (χ0) is 13.0. The second-order valence-electron chi connectivity index (χ2n) is 5.53. The molecule has 2 heteroatoms. The Morgan fingerprint density at radius 1 is 1.22 bits per heavy atom. The van der Waals surface area contributed by atoms with E-state index in [1.54, 1.807) is 0 Å². The minimum Gasteiger partial charge on any atom is -0.310 e. The van der Waals surface area contributed by atoms with Gasteiger partial charge in [-0.1, -0.05) is 18.2 Å². The van der Waals surface area contributed by atoms with Gasteiger partial charge in [0.25, 0.3) is 0 Å². The number of rotatable bonds is 4. The molecule has 1 nitrogen and oxygen atoms in total. The Kier molecular flexibility index (Phi) is 5.13. The van der Waals surface area contributed by atoms with E-state index in [1.165, 1.54) is 47.6 Å². The minimum absolute atomic E-state index is 0.471. The molecule has 1 saturated heterocycles. The van der Waals surface area contributed by atoms with Crippen LogP contribution in [0.25, 0.3) is 0 Å². The number of hydrogen-bond acceptors (Lipinski definition) is 2. The molecule has 0 amide bonds. The maximum Gasteiger partial charge on any atom is 0.0292 e. The number of thioether (sulfide) groups is 1. The van der Waals surface area contributed by atoms with Gasteiger partial charge in [0, 0.05) is 6.04 Å². The molecule has 1 N–H and O–H groups in total. The minimum atomic E-state index is 0.471. The third-order valence-corrected chi connectivity index (χ3v) is 5.13. The first-order valence-electron chi connectivity index (χ1n) is 7.05. The number of hydrogen-bond donors (Lipinski definition) is 1. The molecule has 1 aromatic rings. The Hall–Kier alpha value is -0.470. The van der Waals surface area contributed by atoms with Crippen molar-refractivity contribution in [3.8, 4) is 0 Å². The van der Waals surface area contributed by atoms with Crippen LogP contribution in [0.2, 0.25) is 0 Å². The summed E-state index contributed by atoms with van der Waals surface area (Å²) in [6.07, 6.45) is 2.77. The fraction of sp³-hybridized carbons (Fsp3) is 0.625. The van der Waals surface area contributed by atoms with E-state index in [9.17, 15) is 0 Å². The molecular weight excluding hydrogens is 238 g/mol. The second-order valence-corrected chi connectivity index (χ2v) is 6.75. The average Bonchev–Trinajstić information content (AvgIpc) is 2.40. The monoisotopic (exact) mass is 263 g/mol. The molecule has 0 aromatic heterocycles. The standard InChI is InChI=1S/C16H25NS/c1-12-4-5-16(10-13(12)2)14(3)17-11-15-6-8-18-9-7-15/h4-5,10,14-15,17H,6-9,11H2,1-3H3. The van der Waals surface area contributed by atoms with Crippen molar-refractivity contribution < 1.29 is 0 Å². The van der Waals surface area contributed by atoms with Crippen molar-refractivity contribution >= 4 is 11.8 Å². The van der Waals surface area contributed by atoms with Crippen LogP contribution < -0.4 is 5.32 Å². The SMILES string of the molecule is Cc1ccc(C(C)NCC2CCSCC2)cc1C. The Labute approximate surface area is 116 Å². The maximum atomic E-state index is 3.71. The van der Waals surface area contributed by atoms with E-state index < -0.39 is 0 Å². The summed E-state index contributed by atoms with van der Waals surface area (Å²) in [7, 11) is 0. The highest BCUT2D eigenvalue weighted by atomic mass is 32.2. The average molecular weight is 263 g/mol. The van der Waals surface area contributed by atoms with E-state index in [4.69, 9.17) is 0 Å². The summed E-state index contributed by atoms with van der Waals surface area (Å²) in [4.78, 5) is 0. The van der Waals surface area contributed by atoms with E-state index in [0.29, 0.717) is 6.04 Å². The van der Waals surface area contributed by atoms with Crippen molar-refractivity contribution in [2.75, 3.05) is 18.1 Å². The molecule has 1 fully saturated rings. The van der Waals surface area contributed by atoms with Gasteiger partial charge in [-0.05, 0) is 74.3 Å². The molecule has 0 radical (unpaired) electrons. The Morgan fingerprint density at radius 3 is 2.61 bits per heavy atom. The van der Waals surface area contributed by atoms with Crippen molar-refractivity contribution in [2.45, 2.75) is 39.7 Å². The van der Waals surface area contributed by atoms with Gasteiger partial charge in [0.2, 0.25) is 0 Å². The molecule has 0 saturated carbocycles. The fourth-order valence-electron chi connectivity index (χ4n) is 2.45. The molecular formula is C16H25NS. The summed E-state index contributed by atoms with van der Waals surface area (Å²) in [5, 5.41) is 3.71. The lowest BCUT2D eigenvalue weighted by atomic mass is 9.99. The summed E-state index contributed by atoms with van der Waals surface area (Å²) in [6.45, 7) is 7.83. The molecule has 100 valence electrons. The number of benzene rings is 1. The van der Waals surface area contributed by atoms with Gasteiger partial charge in [0.05, 0.1) is 0 Å². The third-order valence-electron chi connectivity index (χ3n) is 4.08. The van der Waals surface area contributed by atoms with Crippen LogP contribution in [0.3, 0.4) is 0 Å². The summed E-state index contributed by atoms with van der Waals surface area (Å²) in [5.74, 6) is 3.59. The lowest BCUT2D eigenvalue weighted by molar-refractivity contribution is 0.421. The van der Waals surface area contributed by atoms with Crippen molar-refractivity contribution in [2.24, 2.45) is 5.92 Å². The zero-order valence-corrected chi connectivity index (χ0v) is 12.6. The first-order chi connectivity index (χ1) is 8.66. The van der Waals surface area contributed by atoms with Crippen LogP contribution in [0, 0.1) is 19.8 Å². The first kappa shape index (κ1) is 14.0. The molecule has 1 heterocycles. The summed E-state index contributed by atoms with van der Waals surface area (Å²) < 4.78 is 0. The normalized spacial score (nSPS) is 18.8. The van der Waals surface area contributed by atoms with Crippen LogP contribution in [0.4, 0.5) is 0 Å². The molecule has 1 unspecified atom stereocenters. The number of aryl methyl sites for hydroxylation is 2. The van der Waals surface area contributed by atoms with Crippen LogP contribution in [-0.2, 0) is 0 Å². The van der Waals surface area contributed by atoms with Crippen molar-refractivity contribution in [1.29, 1.82) is 0 Å². The predicted molar refractivity (Wildman–Crippen MR) is 82.4 cm³/mol. The van der Waals surface area contributed by atoms with Gasteiger partial charge in [-0.15, -0.1) is 0 Å². The summed E-state index contributed by atoms with van der Waals surface area (Å²) in [6, 6.07) is 7.29. The van der Waals surface area contributed by atoms with Crippen molar-refractivity contribution in [1.82, 2.24) is 5.32 Å². The number of nitrogens with one attached hydrogen (secondary N) is 1. The highest BCUT2D eigenvalue weighted by molar-refractivity contribution is 7.99. The second kappa shape index (κ2) is 6.63. The van der Waals surface area contributed by atoms with E-state index in [2.05, 4.69) is 56.0 Å². The topological polar surface area (TPSA) is 12.0 Å².